The number of alkyl halides is 3. The Morgan fingerprint density at radius 2 is 1.61 bits per heavy atom. The number of nitrogens with zero attached hydrogens (tertiary/aromatic N) is 3. The molecule has 2 aromatic carbocycles. The first kappa shape index (κ1) is 25.8. The van der Waals surface area contributed by atoms with Gasteiger partial charge in [-0.25, -0.2) is 27.9 Å². The third-order valence-electron chi connectivity index (χ3n) is 6.49. The van der Waals surface area contributed by atoms with Gasteiger partial charge in [0, 0.05) is 12.1 Å². The number of fused-ring (bicyclic) bond motifs is 1. The number of sulfonamides is 1. The third kappa shape index (κ3) is 5.11. The average Bonchev–Trinajstić information content (AvgIpc) is 2.84. The van der Waals surface area contributed by atoms with Crippen molar-refractivity contribution in [2.24, 2.45) is 5.14 Å². The van der Waals surface area contributed by atoms with Gasteiger partial charge in [-0.15, -0.1) is 0 Å². The Kier molecular flexibility index (Phi) is 6.43. The highest BCUT2D eigenvalue weighted by molar-refractivity contribution is 7.89. The summed E-state index contributed by atoms with van der Waals surface area (Å²) in [7, 11) is -3.84. The zero-order valence-corrected chi connectivity index (χ0v) is 20.6. The van der Waals surface area contributed by atoms with Crippen molar-refractivity contribution >= 4 is 32.8 Å². The lowest BCUT2D eigenvalue weighted by molar-refractivity contribution is -0.198. The standard InChI is InChI=1S/C25H22F4N6O2S/c26-17-6-4-16(5-7-17)19-10-11-20-21(32-19)22(35-24(12-1-13-24)25(27,28)29)34-23(33-20)31-14-15-2-8-18(9-3-15)38(30,36)37/h2-11H,1,12-14H2,(H2,30,36,37)(H2,31,33,34,35). The zero-order chi connectivity index (χ0) is 27.1. The number of rotatable bonds is 7. The summed E-state index contributed by atoms with van der Waals surface area (Å²) in [4.78, 5) is 13.2. The number of nitrogens with one attached hydrogen (secondary N) is 2. The van der Waals surface area contributed by atoms with E-state index in [1.54, 1.807) is 24.3 Å². The highest BCUT2D eigenvalue weighted by Gasteiger charge is 2.58. The summed E-state index contributed by atoms with van der Waals surface area (Å²) >= 11 is 0. The van der Waals surface area contributed by atoms with Crippen molar-refractivity contribution in [2.75, 3.05) is 10.6 Å². The molecular formula is C25H22F4N6O2S. The molecule has 0 saturated heterocycles. The molecule has 0 bridgehead atoms. The fourth-order valence-electron chi connectivity index (χ4n) is 4.18. The number of hydrogen-bond acceptors (Lipinski definition) is 7. The number of pyridine rings is 1. The maximum Gasteiger partial charge on any atom is 0.411 e. The van der Waals surface area contributed by atoms with Crippen LogP contribution >= 0.6 is 0 Å². The van der Waals surface area contributed by atoms with Gasteiger partial charge in [-0.05, 0) is 73.4 Å². The molecule has 0 unspecified atom stereocenters. The molecule has 5 rings (SSSR count). The molecule has 8 nitrogen and oxygen atoms in total. The number of anilines is 2. The van der Waals surface area contributed by atoms with E-state index in [2.05, 4.69) is 25.6 Å². The molecule has 1 aliphatic rings. The van der Waals surface area contributed by atoms with Crippen molar-refractivity contribution in [1.82, 2.24) is 15.0 Å². The third-order valence-corrected chi connectivity index (χ3v) is 7.42. The minimum Gasteiger partial charge on any atom is -0.354 e. The number of hydrogen-bond donors (Lipinski definition) is 3. The van der Waals surface area contributed by atoms with Gasteiger partial charge in [0.05, 0.1) is 16.1 Å². The summed E-state index contributed by atoms with van der Waals surface area (Å²) in [5, 5.41) is 10.7. The molecule has 4 N–H and O–H groups in total. The minimum atomic E-state index is -4.50. The van der Waals surface area contributed by atoms with Crippen LogP contribution < -0.4 is 15.8 Å². The predicted molar refractivity (Wildman–Crippen MR) is 134 cm³/mol. The molecular weight excluding hydrogens is 524 g/mol. The van der Waals surface area contributed by atoms with E-state index >= 15 is 0 Å². The van der Waals surface area contributed by atoms with Crippen LogP contribution in [-0.4, -0.2) is 35.1 Å². The summed E-state index contributed by atoms with van der Waals surface area (Å²) < 4.78 is 78.2. The topological polar surface area (TPSA) is 123 Å². The van der Waals surface area contributed by atoms with Gasteiger partial charge < -0.3 is 10.6 Å². The van der Waals surface area contributed by atoms with E-state index in [1.807, 2.05) is 0 Å². The van der Waals surface area contributed by atoms with E-state index in [9.17, 15) is 26.0 Å². The largest absolute Gasteiger partial charge is 0.411 e. The van der Waals surface area contributed by atoms with E-state index in [0.29, 0.717) is 28.8 Å². The van der Waals surface area contributed by atoms with Crippen LogP contribution in [-0.2, 0) is 16.6 Å². The molecule has 0 atom stereocenters. The second-order valence-electron chi connectivity index (χ2n) is 9.07. The summed E-state index contributed by atoms with van der Waals surface area (Å²) in [6.07, 6.45) is -4.28. The van der Waals surface area contributed by atoms with Gasteiger partial charge in [0.15, 0.2) is 5.82 Å². The molecule has 4 aromatic rings. The molecule has 1 fully saturated rings. The fourth-order valence-corrected chi connectivity index (χ4v) is 4.69. The molecule has 13 heteroatoms. The summed E-state index contributed by atoms with van der Waals surface area (Å²) in [6.45, 7) is 0.168. The van der Waals surface area contributed by atoms with Gasteiger partial charge in [0.25, 0.3) is 0 Å². The van der Waals surface area contributed by atoms with Crippen LogP contribution in [0.4, 0.5) is 29.3 Å². The van der Waals surface area contributed by atoms with Gasteiger partial charge in [-0.2, -0.15) is 18.2 Å². The second kappa shape index (κ2) is 9.48. The van der Waals surface area contributed by atoms with Crippen molar-refractivity contribution in [2.45, 2.75) is 42.4 Å². The number of primary sulfonamides is 1. The molecule has 2 aromatic heterocycles. The number of halogens is 4. The molecule has 0 aliphatic heterocycles. The van der Waals surface area contributed by atoms with E-state index in [1.165, 1.54) is 36.4 Å². The van der Waals surface area contributed by atoms with Crippen LogP contribution in [0.3, 0.4) is 0 Å². The van der Waals surface area contributed by atoms with E-state index < -0.39 is 27.6 Å². The Balaban J connectivity index is 1.51. The first-order valence-electron chi connectivity index (χ1n) is 11.6. The van der Waals surface area contributed by atoms with Crippen LogP contribution in [0.2, 0.25) is 0 Å². The SMILES string of the molecule is NS(=O)(=O)c1ccc(CNc2nc(NC3(C(F)(F)F)CCC3)c3nc(-c4ccc(F)cc4)ccc3n2)cc1. The Labute approximate surface area is 215 Å². The molecule has 0 amide bonds. The quantitative estimate of drug-likeness (QED) is 0.279. The van der Waals surface area contributed by atoms with Gasteiger partial charge in [0.2, 0.25) is 16.0 Å². The minimum absolute atomic E-state index is 0.0457. The van der Waals surface area contributed by atoms with Gasteiger partial charge >= 0.3 is 6.18 Å². The summed E-state index contributed by atoms with van der Waals surface area (Å²) in [5.74, 6) is -0.445. The van der Waals surface area contributed by atoms with Crippen LogP contribution in [0.1, 0.15) is 24.8 Å². The number of nitrogens with two attached hydrogens (primary N) is 1. The number of aromatic nitrogens is 3. The van der Waals surface area contributed by atoms with Crippen LogP contribution in [0.25, 0.3) is 22.3 Å². The normalized spacial score (nSPS) is 15.2. The molecule has 0 radical (unpaired) electrons. The molecule has 1 saturated carbocycles. The Morgan fingerprint density at radius 1 is 0.921 bits per heavy atom. The summed E-state index contributed by atoms with van der Waals surface area (Å²) in [5.41, 5.74) is 0.00419. The predicted octanol–water partition coefficient (Wildman–Crippen LogP) is 4.99. The van der Waals surface area contributed by atoms with Crippen molar-refractivity contribution in [1.29, 1.82) is 0 Å². The van der Waals surface area contributed by atoms with Crippen molar-refractivity contribution < 1.29 is 26.0 Å². The van der Waals surface area contributed by atoms with Crippen molar-refractivity contribution in [3.63, 3.8) is 0 Å². The maximum absolute atomic E-state index is 14.0. The van der Waals surface area contributed by atoms with E-state index in [0.717, 1.165) is 0 Å². The maximum atomic E-state index is 14.0. The lowest BCUT2D eigenvalue weighted by Gasteiger charge is -2.44. The van der Waals surface area contributed by atoms with Crippen LogP contribution in [0, 0.1) is 5.82 Å². The Morgan fingerprint density at radius 3 is 2.18 bits per heavy atom. The van der Waals surface area contributed by atoms with Crippen molar-refractivity contribution in [3.8, 4) is 11.3 Å². The second-order valence-corrected chi connectivity index (χ2v) is 10.6. The van der Waals surface area contributed by atoms with Gasteiger partial charge in [-0.3, -0.25) is 0 Å². The monoisotopic (exact) mass is 546 g/mol. The highest BCUT2D eigenvalue weighted by atomic mass is 32.2. The Bertz CT molecular complexity index is 1590. The van der Waals surface area contributed by atoms with Crippen molar-refractivity contribution in [3.05, 3.63) is 72.0 Å². The molecule has 2 heterocycles. The lowest BCUT2D eigenvalue weighted by atomic mass is 9.76. The van der Waals surface area contributed by atoms with E-state index in [-0.39, 0.29) is 41.6 Å². The van der Waals surface area contributed by atoms with Crippen LogP contribution in [0.15, 0.2) is 65.6 Å². The Hall–Kier alpha value is -3.84. The first-order valence-corrected chi connectivity index (χ1v) is 13.1. The smallest absolute Gasteiger partial charge is 0.354 e. The lowest BCUT2D eigenvalue weighted by Crippen LogP contribution is -2.57. The average molecular weight is 547 g/mol. The van der Waals surface area contributed by atoms with Crippen LogP contribution in [0.5, 0.6) is 0 Å². The first-order chi connectivity index (χ1) is 17.9. The van der Waals surface area contributed by atoms with Gasteiger partial charge in [0.1, 0.15) is 16.9 Å². The van der Waals surface area contributed by atoms with Gasteiger partial charge in [-0.1, -0.05) is 12.1 Å². The molecule has 0 spiro atoms. The molecule has 1 aliphatic carbocycles. The molecule has 38 heavy (non-hydrogen) atoms. The summed E-state index contributed by atoms with van der Waals surface area (Å²) in [6, 6.07) is 14.7. The molecule has 198 valence electrons. The highest BCUT2D eigenvalue weighted by Crippen LogP contribution is 2.47. The zero-order valence-electron chi connectivity index (χ0n) is 19.8. The number of benzene rings is 2. The van der Waals surface area contributed by atoms with E-state index in [4.69, 9.17) is 5.14 Å². The fraction of sp³-hybridized carbons (Fsp3) is 0.240.